The maximum absolute atomic E-state index is 13.5. The molecule has 4 aromatic carbocycles. The largest absolute Gasteiger partial charge is 0.438 e. The zero-order chi connectivity index (χ0) is 27.2. The van der Waals surface area contributed by atoms with Gasteiger partial charge in [0.05, 0.1) is 6.54 Å². The maximum atomic E-state index is 13.5. The Labute approximate surface area is 227 Å². The van der Waals surface area contributed by atoms with E-state index < -0.39 is 18.2 Å². The summed E-state index contributed by atoms with van der Waals surface area (Å²) in [6.45, 7) is 2.54. The smallest absolute Gasteiger partial charge is 0.411 e. The number of hydrogen-bond donors (Lipinski definition) is 2. The molecule has 1 fully saturated rings. The lowest BCUT2D eigenvalue weighted by Gasteiger charge is -2.24. The number of hydrogen-bond acceptors (Lipinski definition) is 4. The second kappa shape index (κ2) is 11.6. The van der Waals surface area contributed by atoms with Crippen LogP contribution in [0.15, 0.2) is 109 Å². The molecule has 1 aliphatic heterocycles. The van der Waals surface area contributed by atoms with E-state index in [1.807, 2.05) is 79.7 Å². The fourth-order valence-electron chi connectivity index (χ4n) is 4.54. The molecule has 39 heavy (non-hydrogen) atoms. The van der Waals surface area contributed by atoms with Crippen LogP contribution in [0.2, 0.25) is 0 Å². The number of nitrogens with zero attached hydrogens (tertiary/aromatic N) is 1. The van der Waals surface area contributed by atoms with Crippen molar-refractivity contribution in [1.29, 1.82) is 0 Å². The van der Waals surface area contributed by atoms with Crippen LogP contribution >= 0.6 is 0 Å². The lowest BCUT2D eigenvalue weighted by molar-refractivity contribution is -0.126. The molecule has 1 aliphatic rings. The van der Waals surface area contributed by atoms with Crippen molar-refractivity contribution in [1.82, 2.24) is 10.2 Å². The van der Waals surface area contributed by atoms with Gasteiger partial charge in [-0.05, 0) is 47.9 Å². The van der Waals surface area contributed by atoms with Crippen molar-refractivity contribution in [3.63, 3.8) is 0 Å². The SMILES string of the molecule is Cc1ccc(C(=O)Nc2ccc([C@@H]3OC(=O)N(Cc4ccccc4)[C@@H]3C(=O)NCc3ccccc3)cc2)cc1. The Morgan fingerprint density at radius 1 is 0.795 bits per heavy atom. The van der Waals surface area contributed by atoms with Crippen molar-refractivity contribution in [2.24, 2.45) is 0 Å². The van der Waals surface area contributed by atoms with Crippen LogP contribution in [-0.4, -0.2) is 28.8 Å². The van der Waals surface area contributed by atoms with Crippen molar-refractivity contribution < 1.29 is 19.1 Å². The molecule has 0 bridgehead atoms. The molecule has 0 radical (unpaired) electrons. The molecule has 7 nitrogen and oxygen atoms in total. The van der Waals surface area contributed by atoms with Crippen molar-refractivity contribution in [2.75, 3.05) is 5.32 Å². The molecule has 4 aromatic rings. The van der Waals surface area contributed by atoms with Crippen molar-refractivity contribution in [3.8, 4) is 0 Å². The fourth-order valence-corrected chi connectivity index (χ4v) is 4.54. The molecular weight excluding hydrogens is 490 g/mol. The monoisotopic (exact) mass is 519 g/mol. The highest BCUT2D eigenvalue weighted by Gasteiger charge is 2.46. The maximum Gasteiger partial charge on any atom is 0.411 e. The van der Waals surface area contributed by atoms with Gasteiger partial charge in [0, 0.05) is 17.8 Å². The minimum Gasteiger partial charge on any atom is -0.438 e. The van der Waals surface area contributed by atoms with E-state index in [4.69, 9.17) is 4.74 Å². The molecule has 0 aromatic heterocycles. The Morgan fingerprint density at radius 3 is 2.05 bits per heavy atom. The van der Waals surface area contributed by atoms with Gasteiger partial charge in [-0.1, -0.05) is 90.5 Å². The highest BCUT2D eigenvalue weighted by molar-refractivity contribution is 6.04. The fraction of sp³-hybridized carbons (Fsp3) is 0.156. The Hall–Kier alpha value is -4.91. The lowest BCUT2D eigenvalue weighted by Crippen LogP contribution is -2.46. The summed E-state index contributed by atoms with van der Waals surface area (Å²) >= 11 is 0. The molecule has 5 rings (SSSR count). The van der Waals surface area contributed by atoms with Crippen LogP contribution < -0.4 is 10.6 Å². The predicted molar refractivity (Wildman–Crippen MR) is 149 cm³/mol. The predicted octanol–water partition coefficient (Wildman–Crippen LogP) is 5.63. The van der Waals surface area contributed by atoms with Gasteiger partial charge in [0.2, 0.25) is 5.91 Å². The second-order valence-electron chi connectivity index (χ2n) is 9.51. The third-order valence-electron chi connectivity index (χ3n) is 6.67. The third-order valence-corrected chi connectivity index (χ3v) is 6.67. The molecule has 196 valence electrons. The molecule has 1 heterocycles. The van der Waals surface area contributed by atoms with Crippen LogP contribution in [0.5, 0.6) is 0 Å². The zero-order valence-electron chi connectivity index (χ0n) is 21.5. The summed E-state index contributed by atoms with van der Waals surface area (Å²) in [5.74, 6) is -0.523. The number of cyclic esters (lactones) is 1. The molecular formula is C32H29N3O4. The summed E-state index contributed by atoms with van der Waals surface area (Å²) in [4.78, 5) is 40.6. The standard InChI is InChI=1S/C32H29N3O4/c1-22-12-14-26(15-13-22)30(36)34-27-18-16-25(17-19-27)29-28(31(37)33-20-23-8-4-2-5-9-23)35(32(38)39-29)21-24-10-6-3-7-11-24/h2-19,28-29H,20-21H2,1H3,(H,33,37)(H,34,36)/t28-,29-/m0/s1. The molecule has 7 heteroatoms. The normalized spacial score (nSPS) is 16.4. The number of nitrogens with one attached hydrogen (secondary N) is 2. The molecule has 2 atom stereocenters. The first-order valence-electron chi connectivity index (χ1n) is 12.8. The minimum absolute atomic E-state index is 0.220. The molecule has 0 spiro atoms. The lowest BCUT2D eigenvalue weighted by atomic mass is 10.00. The van der Waals surface area contributed by atoms with Gasteiger partial charge in [-0.25, -0.2) is 4.79 Å². The van der Waals surface area contributed by atoms with Crippen LogP contribution in [0.25, 0.3) is 0 Å². The highest BCUT2D eigenvalue weighted by atomic mass is 16.6. The van der Waals surface area contributed by atoms with Gasteiger partial charge < -0.3 is 15.4 Å². The van der Waals surface area contributed by atoms with Gasteiger partial charge in [0.25, 0.3) is 5.91 Å². The van der Waals surface area contributed by atoms with E-state index in [0.717, 1.165) is 16.7 Å². The van der Waals surface area contributed by atoms with Crippen LogP contribution in [-0.2, 0) is 22.6 Å². The van der Waals surface area contributed by atoms with Gasteiger partial charge in [-0.3, -0.25) is 14.5 Å². The van der Waals surface area contributed by atoms with Crippen LogP contribution in [0.4, 0.5) is 10.5 Å². The number of aryl methyl sites for hydroxylation is 1. The van der Waals surface area contributed by atoms with E-state index >= 15 is 0 Å². The number of rotatable bonds is 8. The van der Waals surface area contributed by atoms with Gasteiger partial charge in [-0.15, -0.1) is 0 Å². The van der Waals surface area contributed by atoms with Crippen molar-refractivity contribution >= 4 is 23.6 Å². The van der Waals surface area contributed by atoms with Gasteiger partial charge in [-0.2, -0.15) is 0 Å². The summed E-state index contributed by atoms with van der Waals surface area (Å²) in [5, 5.41) is 5.85. The number of carbonyl (C=O) groups is 3. The average molecular weight is 520 g/mol. The first-order chi connectivity index (χ1) is 19.0. The van der Waals surface area contributed by atoms with Crippen LogP contribution in [0, 0.1) is 6.92 Å². The van der Waals surface area contributed by atoms with E-state index in [9.17, 15) is 14.4 Å². The first-order valence-corrected chi connectivity index (χ1v) is 12.8. The number of carbonyl (C=O) groups excluding carboxylic acids is 3. The molecule has 1 saturated heterocycles. The number of benzene rings is 4. The summed E-state index contributed by atoms with van der Waals surface area (Å²) in [6, 6.07) is 32.6. The van der Waals surface area contributed by atoms with E-state index in [0.29, 0.717) is 23.4 Å². The molecule has 2 N–H and O–H groups in total. The van der Waals surface area contributed by atoms with E-state index in [-0.39, 0.29) is 18.4 Å². The highest BCUT2D eigenvalue weighted by Crippen LogP contribution is 2.34. The number of anilines is 1. The van der Waals surface area contributed by atoms with E-state index in [1.54, 1.807) is 36.4 Å². The average Bonchev–Trinajstić information content (AvgIpc) is 3.29. The van der Waals surface area contributed by atoms with E-state index in [1.165, 1.54) is 4.90 Å². The van der Waals surface area contributed by atoms with E-state index in [2.05, 4.69) is 10.6 Å². The number of ether oxygens (including phenoxy) is 1. The molecule has 3 amide bonds. The van der Waals surface area contributed by atoms with Crippen LogP contribution in [0.1, 0.15) is 38.7 Å². The Morgan fingerprint density at radius 2 is 1.41 bits per heavy atom. The summed E-state index contributed by atoms with van der Waals surface area (Å²) in [6.07, 6.45) is -1.36. The number of amides is 3. The Balaban J connectivity index is 1.35. The molecule has 0 aliphatic carbocycles. The van der Waals surface area contributed by atoms with Gasteiger partial charge in [0.15, 0.2) is 12.1 Å². The molecule has 0 saturated carbocycles. The van der Waals surface area contributed by atoms with Crippen molar-refractivity contribution in [3.05, 3.63) is 137 Å². The molecule has 0 unspecified atom stereocenters. The van der Waals surface area contributed by atoms with Crippen LogP contribution in [0.3, 0.4) is 0 Å². The minimum atomic E-state index is -0.866. The van der Waals surface area contributed by atoms with Crippen molar-refractivity contribution in [2.45, 2.75) is 32.2 Å². The Kier molecular flexibility index (Phi) is 7.68. The topological polar surface area (TPSA) is 87.7 Å². The first kappa shape index (κ1) is 25.7. The van der Waals surface area contributed by atoms with Gasteiger partial charge >= 0.3 is 6.09 Å². The second-order valence-corrected chi connectivity index (χ2v) is 9.51. The van der Waals surface area contributed by atoms with Gasteiger partial charge in [0.1, 0.15) is 0 Å². The third kappa shape index (κ3) is 6.15. The summed E-state index contributed by atoms with van der Waals surface area (Å²) in [5.41, 5.74) is 4.74. The summed E-state index contributed by atoms with van der Waals surface area (Å²) in [7, 11) is 0. The Bertz CT molecular complexity index is 1440. The quantitative estimate of drug-likeness (QED) is 0.316. The zero-order valence-corrected chi connectivity index (χ0v) is 21.5. The summed E-state index contributed by atoms with van der Waals surface area (Å²) < 4.78 is 5.76.